The van der Waals surface area contributed by atoms with E-state index in [-0.39, 0.29) is 11.8 Å². The van der Waals surface area contributed by atoms with E-state index in [0.29, 0.717) is 6.54 Å². The molecular formula is C12H15ClN2O. The molecule has 2 N–H and O–H groups in total. The molecule has 1 aromatic rings. The third kappa shape index (κ3) is 2.30. The van der Waals surface area contributed by atoms with Gasteiger partial charge in [0.1, 0.15) is 0 Å². The van der Waals surface area contributed by atoms with Gasteiger partial charge >= 0.3 is 0 Å². The van der Waals surface area contributed by atoms with Crippen molar-refractivity contribution in [3.63, 3.8) is 0 Å². The van der Waals surface area contributed by atoms with Crippen LogP contribution in [0.15, 0.2) is 24.3 Å². The fourth-order valence-electron chi connectivity index (χ4n) is 2.14. The van der Waals surface area contributed by atoms with Gasteiger partial charge in [0.05, 0.1) is 16.6 Å². The van der Waals surface area contributed by atoms with Gasteiger partial charge in [-0.25, -0.2) is 0 Å². The van der Waals surface area contributed by atoms with E-state index in [0.717, 1.165) is 30.1 Å². The predicted octanol–water partition coefficient (Wildman–Crippen LogP) is 2.04. The van der Waals surface area contributed by atoms with Gasteiger partial charge in [0.15, 0.2) is 0 Å². The number of anilines is 1. The van der Waals surface area contributed by atoms with Crippen molar-refractivity contribution in [2.45, 2.75) is 12.8 Å². The Labute approximate surface area is 100 Å². The number of nitrogens with zero attached hydrogens (tertiary/aromatic N) is 1. The number of para-hydroxylation sites is 1. The molecule has 1 amide bonds. The van der Waals surface area contributed by atoms with Gasteiger partial charge < -0.3 is 10.6 Å². The average molecular weight is 239 g/mol. The van der Waals surface area contributed by atoms with Gasteiger partial charge in [-0.15, -0.1) is 0 Å². The molecule has 86 valence electrons. The predicted molar refractivity (Wildman–Crippen MR) is 65.6 cm³/mol. The van der Waals surface area contributed by atoms with Gasteiger partial charge in [0.2, 0.25) is 5.91 Å². The molecule has 1 aliphatic rings. The number of nitrogens with two attached hydrogens (primary N) is 1. The Kier molecular flexibility index (Phi) is 3.34. The lowest BCUT2D eigenvalue weighted by Gasteiger charge is -2.33. The summed E-state index contributed by atoms with van der Waals surface area (Å²) in [7, 11) is 0. The largest absolute Gasteiger partial charge is 0.370 e. The number of primary amides is 1. The molecule has 1 saturated heterocycles. The van der Waals surface area contributed by atoms with Crippen molar-refractivity contribution in [1.82, 2.24) is 0 Å². The van der Waals surface area contributed by atoms with E-state index in [1.54, 1.807) is 0 Å². The van der Waals surface area contributed by atoms with Crippen LogP contribution in [0, 0.1) is 5.92 Å². The van der Waals surface area contributed by atoms with Crippen molar-refractivity contribution >= 4 is 23.2 Å². The molecule has 2 rings (SSSR count). The summed E-state index contributed by atoms with van der Waals surface area (Å²) in [6.07, 6.45) is 1.87. The molecule has 3 nitrogen and oxygen atoms in total. The van der Waals surface area contributed by atoms with Crippen LogP contribution in [0.5, 0.6) is 0 Å². The number of hydrogen-bond donors (Lipinski definition) is 1. The molecule has 0 bridgehead atoms. The summed E-state index contributed by atoms with van der Waals surface area (Å²) in [6.45, 7) is 1.62. The smallest absolute Gasteiger partial charge is 0.222 e. The quantitative estimate of drug-likeness (QED) is 0.857. The maximum Gasteiger partial charge on any atom is 0.222 e. The second-order valence-corrected chi connectivity index (χ2v) is 4.55. The minimum absolute atomic E-state index is 0.0509. The normalized spacial score (nSPS) is 20.8. The number of carbonyl (C=O) groups is 1. The maximum absolute atomic E-state index is 11.2. The second-order valence-electron chi connectivity index (χ2n) is 4.14. The zero-order valence-electron chi connectivity index (χ0n) is 9.03. The van der Waals surface area contributed by atoms with Crippen LogP contribution >= 0.6 is 11.6 Å². The van der Waals surface area contributed by atoms with Crippen molar-refractivity contribution < 1.29 is 4.79 Å². The van der Waals surface area contributed by atoms with Crippen molar-refractivity contribution in [2.24, 2.45) is 11.7 Å². The number of hydrogen-bond acceptors (Lipinski definition) is 2. The van der Waals surface area contributed by atoms with Crippen LogP contribution in [0.4, 0.5) is 5.69 Å². The highest BCUT2D eigenvalue weighted by atomic mass is 35.5. The molecular weight excluding hydrogens is 224 g/mol. The molecule has 1 atom stereocenters. The molecule has 1 aliphatic heterocycles. The fourth-order valence-corrected chi connectivity index (χ4v) is 2.39. The molecule has 0 aliphatic carbocycles. The van der Waals surface area contributed by atoms with Crippen molar-refractivity contribution in [3.8, 4) is 0 Å². The average Bonchev–Trinajstić information content (AvgIpc) is 2.30. The van der Waals surface area contributed by atoms with Crippen LogP contribution in [0.3, 0.4) is 0 Å². The Hall–Kier alpha value is -1.22. The molecule has 1 unspecified atom stereocenters. The first-order chi connectivity index (χ1) is 7.68. The molecule has 0 radical (unpaired) electrons. The first kappa shape index (κ1) is 11.3. The standard InChI is InChI=1S/C12H15ClN2O/c13-10-5-1-2-6-11(10)15-7-3-4-9(8-15)12(14)16/h1-2,5-6,9H,3-4,7-8H2,(H2,14,16). The molecule has 0 aromatic heterocycles. The third-order valence-corrected chi connectivity index (χ3v) is 3.34. The van der Waals surface area contributed by atoms with Gasteiger partial charge in [0.25, 0.3) is 0 Å². The summed E-state index contributed by atoms with van der Waals surface area (Å²) in [5.41, 5.74) is 6.34. The summed E-state index contributed by atoms with van der Waals surface area (Å²) in [5.74, 6) is -0.262. The van der Waals surface area contributed by atoms with Crippen LogP contribution in [0.25, 0.3) is 0 Å². The van der Waals surface area contributed by atoms with E-state index in [1.807, 2.05) is 24.3 Å². The minimum Gasteiger partial charge on any atom is -0.370 e. The SMILES string of the molecule is NC(=O)C1CCCN(c2ccccc2Cl)C1. The van der Waals surface area contributed by atoms with Crippen LogP contribution in [-0.4, -0.2) is 19.0 Å². The van der Waals surface area contributed by atoms with Crippen LogP contribution in [-0.2, 0) is 4.79 Å². The van der Waals surface area contributed by atoms with Crippen molar-refractivity contribution in [2.75, 3.05) is 18.0 Å². The van der Waals surface area contributed by atoms with E-state index in [1.165, 1.54) is 0 Å². The lowest BCUT2D eigenvalue weighted by molar-refractivity contribution is -0.122. The molecule has 0 saturated carbocycles. The Morgan fingerprint density at radius 2 is 2.19 bits per heavy atom. The van der Waals surface area contributed by atoms with Gasteiger partial charge in [-0.1, -0.05) is 23.7 Å². The molecule has 1 heterocycles. The van der Waals surface area contributed by atoms with Crippen LogP contribution in [0.2, 0.25) is 5.02 Å². The summed E-state index contributed by atoms with van der Waals surface area (Å²) < 4.78 is 0. The number of halogens is 1. The van der Waals surface area contributed by atoms with Crippen molar-refractivity contribution in [1.29, 1.82) is 0 Å². The van der Waals surface area contributed by atoms with E-state index >= 15 is 0 Å². The molecule has 0 spiro atoms. The third-order valence-electron chi connectivity index (χ3n) is 3.02. The molecule has 16 heavy (non-hydrogen) atoms. The Morgan fingerprint density at radius 1 is 1.44 bits per heavy atom. The van der Waals surface area contributed by atoms with Gasteiger partial charge in [-0.3, -0.25) is 4.79 Å². The van der Waals surface area contributed by atoms with E-state index in [9.17, 15) is 4.79 Å². The highest BCUT2D eigenvalue weighted by Crippen LogP contribution is 2.29. The van der Waals surface area contributed by atoms with Gasteiger partial charge in [-0.2, -0.15) is 0 Å². The highest BCUT2D eigenvalue weighted by molar-refractivity contribution is 6.33. The number of piperidine rings is 1. The zero-order valence-corrected chi connectivity index (χ0v) is 9.78. The molecule has 4 heteroatoms. The Balaban J connectivity index is 2.16. The lowest BCUT2D eigenvalue weighted by Crippen LogP contribution is -2.41. The lowest BCUT2D eigenvalue weighted by atomic mass is 9.97. The number of rotatable bonds is 2. The monoisotopic (exact) mass is 238 g/mol. The minimum atomic E-state index is -0.211. The van der Waals surface area contributed by atoms with Gasteiger partial charge in [-0.05, 0) is 25.0 Å². The summed E-state index contributed by atoms with van der Waals surface area (Å²) in [5, 5.41) is 0.729. The number of benzene rings is 1. The van der Waals surface area contributed by atoms with E-state index in [4.69, 9.17) is 17.3 Å². The Bertz CT molecular complexity index is 394. The summed E-state index contributed by atoms with van der Waals surface area (Å²) in [6, 6.07) is 7.70. The first-order valence-electron chi connectivity index (χ1n) is 5.47. The van der Waals surface area contributed by atoms with E-state index < -0.39 is 0 Å². The molecule has 1 aromatic carbocycles. The molecule has 1 fully saturated rings. The highest BCUT2D eigenvalue weighted by Gasteiger charge is 2.24. The second kappa shape index (κ2) is 4.74. The topological polar surface area (TPSA) is 46.3 Å². The summed E-state index contributed by atoms with van der Waals surface area (Å²) >= 11 is 6.13. The van der Waals surface area contributed by atoms with Gasteiger partial charge in [0, 0.05) is 13.1 Å². The Morgan fingerprint density at radius 3 is 2.88 bits per heavy atom. The van der Waals surface area contributed by atoms with Crippen molar-refractivity contribution in [3.05, 3.63) is 29.3 Å². The van der Waals surface area contributed by atoms with E-state index in [2.05, 4.69) is 4.90 Å². The first-order valence-corrected chi connectivity index (χ1v) is 5.85. The summed E-state index contributed by atoms with van der Waals surface area (Å²) in [4.78, 5) is 13.3. The maximum atomic E-state index is 11.2. The fraction of sp³-hybridized carbons (Fsp3) is 0.417. The van der Waals surface area contributed by atoms with Crippen LogP contribution < -0.4 is 10.6 Å². The van der Waals surface area contributed by atoms with Crippen LogP contribution in [0.1, 0.15) is 12.8 Å². The number of carbonyl (C=O) groups excluding carboxylic acids is 1. The zero-order chi connectivity index (χ0) is 11.5. The number of amides is 1.